The van der Waals surface area contributed by atoms with Crippen LogP contribution in [-0.4, -0.2) is 59.7 Å². The van der Waals surface area contributed by atoms with Gasteiger partial charge in [0.1, 0.15) is 11.4 Å². The van der Waals surface area contributed by atoms with Crippen LogP contribution in [0.25, 0.3) is 0 Å². The van der Waals surface area contributed by atoms with Gasteiger partial charge in [0, 0.05) is 19.2 Å². The third kappa shape index (κ3) is 8.98. The predicted octanol–water partition coefficient (Wildman–Crippen LogP) is 3.78. The van der Waals surface area contributed by atoms with Crippen molar-refractivity contribution in [3.05, 3.63) is 59.2 Å². The van der Waals surface area contributed by atoms with Crippen LogP contribution in [0.4, 0.5) is 19.3 Å². The van der Waals surface area contributed by atoms with E-state index in [4.69, 9.17) is 4.74 Å². The molecule has 0 radical (unpaired) electrons. The van der Waals surface area contributed by atoms with Crippen LogP contribution in [0.2, 0.25) is 0 Å². The first kappa shape index (κ1) is 28.8. The molecule has 0 saturated carbocycles. The van der Waals surface area contributed by atoms with Crippen molar-refractivity contribution in [3.63, 3.8) is 0 Å². The Morgan fingerprint density at radius 2 is 1.74 bits per heavy atom. The fourth-order valence-electron chi connectivity index (χ4n) is 4.09. The lowest BCUT2D eigenvalue weighted by atomic mass is 9.96. The first-order chi connectivity index (χ1) is 17.9. The van der Waals surface area contributed by atoms with Crippen molar-refractivity contribution in [2.75, 3.05) is 31.5 Å². The first-order valence-electron chi connectivity index (χ1n) is 12.4. The normalized spacial score (nSPS) is 14.6. The molecule has 1 heterocycles. The van der Waals surface area contributed by atoms with Gasteiger partial charge < -0.3 is 20.5 Å². The van der Waals surface area contributed by atoms with Gasteiger partial charge >= 0.3 is 6.09 Å². The summed E-state index contributed by atoms with van der Waals surface area (Å²) in [7, 11) is 0. The van der Waals surface area contributed by atoms with Crippen LogP contribution in [0.5, 0.6) is 5.75 Å². The number of benzene rings is 2. The maximum Gasteiger partial charge on any atom is 0.412 e. The molecule has 11 heteroatoms. The fraction of sp³-hybridized carbons (Fsp3) is 0.444. The third-order valence-corrected chi connectivity index (χ3v) is 5.96. The summed E-state index contributed by atoms with van der Waals surface area (Å²) in [6.45, 7) is 7.42. The van der Waals surface area contributed by atoms with Crippen LogP contribution in [0.3, 0.4) is 0 Å². The molecule has 1 aliphatic rings. The number of amides is 3. The summed E-state index contributed by atoms with van der Waals surface area (Å²) >= 11 is 0. The predicted molar refractivity (Wildman–Crippen MR) is 138 cm³/mol. The minimum atomic E-state index is -1.27. The van der Waals surface area contributed by atoms with Crippen LogP contribution in [0.1, 0.15) is 49.5 Å². The number of nitrogens with zero attached hydrogens (tertiary/aromatic N) is 1. The number of piperidine rings is 1. The first-order valence-corrected chi connectivity index (χ1v) is 12.4. The summed E-state index contributed by atoms with van der Waals surface area (Å²) in [6.07, 6.45) is 0.836. The van der Waals surface area contributed by atoms with Gasteiger partial charge in [-0.2, -0.15) is 0 Å². The van der Waals surface area contributed by atoms with Crippen molar-refractivity contribution in [1.29, 1.82) is 0 Å². The molecular formula is C27H34F2N4O5. The molecule has 0 spiro atoms. The molecule has 0 aliphatic carbocycles. The number of phenols is 1. The molecule has 0 unspecified atom stereocenters. The van der Waals surface area contributed by atoms with Gasteiger partial charge in [0.2, 0.25) is 5.91 Å². The Bertz CT molecular complexity index is 1160. The van der Waals surface area contributed by atoms with E-state index in [1.807, 2.05) is 12.1 Å². The van der Waals surface area contributed by atoms with Crippen LogP contribution >= 0.6 is 0 Å². The van der Waals surface area contributed by atoms with Gasteiger partial charge in [0.05, 0.1) is 17.8 Å². The molecule has 0 atom stereocenters. The van der Waals surface area contributed by atoms with Crippen LogP contribution in [0, 0.1) is 17.6 Å². The molecule has 4 N–H and O–H groups in total. The van der Waals surface area contributed by atoms with Crippen LogP contribution in [0.15, 0.2) is 36.4 Å². The number of nitrogens with one attached hydrogen (secondary N) is 3. The van der Waals surface area contributed by atoms with E-state index in [2.05, 4.69) is 20.9 Å². The quantitative estimate of drug-likeness (QED) is 0.411. The van der Waals surface area contributed by atoms with Crippen LogP contribution < -0.4 is 16.0 Å². The van der Waals surface area contributed by atoms with Gasteiger partial charge in [0.15, 0.2) is 11.6 Å². The highest BCUT2D eigenvalue weighted by Crippen LogP contribution is 2.22. The van der Waals surface area contributed by atoms with E-state index in [0.717, 1.165) is 38.0 Å². The third-order valence-electron chi connectivity index (χ3n) is 5.96. The van der Waals surface area contributed by atoms with E-state index in [1.165, 1.54) is 0 Å². The standard InChI is InChI=1S/C27H34F2N4O5/c1-27(2,3)38-26(37)32-23-13-22(29)21(28)12-20(23)25(36)31-15-24(35)30-14-17-7-9-33(10-8-17)16-18-5-4-6-19(34)11-18/h4-6,11-13,17,34H,7-10,14-16H2,1-3H3,(H,30,35)(H,31,36)(H,32,37). The van der Waals surface area contributed by atoms with Crippen molar-refractivity contribution in [3.8, 4) is 5.75 Å². The van der Waals surface area contributed by atoms with E-state index >= 15 is 0 Å². The zero-order valence-corrected chi connectivity index (χ0v) is 21.8. The summed E-state index contributed by atoms with van der Waals surface area (Å²) in [6, 6.07) is 8.50. The number of carbonyl (C=O) groups excluding carboxylic acids is 3. The lowest BCUT2D eigenvalue weighted by Gasteiger charge is -2.32. The smallest absolute Gasteiger partial charge is 0.412 e. The van der Waals surface area contributed by atoms with Crippen molar-refractivity contribution >= 4 is 23.6 Å². The number of ether oxygens (including phenoxy) is 1. The molecule has 3 amide bonds. The Balaban J connectivity index is 1.45. The van der Waals surface area contributed by atoms with E-state index in [9.17, 15) is 28.3 Å². The number of aromatic hydroxyl groups is 1. The Labute approximate surface area is 220 Å². The average molecular weight is 533 g/mol. The summed E-state index contributed by atoms with van der Waals surface area (Å²) in [5.41, 5.74) is -0.431. The fourth-order valence-corrected chi connectivity index (χ4v) is 4.09. The minimum absolute atomic E-state index is 0.243. The molecule has 1 fully saturated rings. The summed E-state index contributed by atoms with van der Waals surface area (Å²) in [5.74, 6) is -3.28. The number of anilines is 1. The van der Waals surface area contributed by atoms with E-state index in [0.29, 0.717) is 18.7 Å². The second kappa shape index (κ2) is 12.7. The number of rotatable bonds is 8. The van der Waals surface area contributed by atoms with E-state index in [-0.39, 0.29) is 29.5 Å². The molecule has 3 rings (SSSR count). The SMILES string of the molecule is CC(C)(C)OC(=O)Nc1cc(F)c(F)cc1C(=O)NCC(=O)NCC1CCN(Cc2cccc(O)c2)CC1. The summed E-state index contributed by atoms with van der Waals surface area (Å²) < 4.78 is 32.7. The second-order valence-electron chi connectivity index (χ2n) is 10.3. The Morgan fingerprint density at radius 1 is 1.05 bits per heavy atom. The van der Waals surface area contributed by atoms with Crippen molar-refractivity contribution < 1.29 is 33.0 Å². The molecule has 2 aromatic rings. The van der Waals surface area contributed by atoms with Crippen molar-refractivity contribution in [2.24, 2.45) is 5.92 Å². The number of hydrogen-bond donors (Lipinski definition) is 4. The van der Waals surface area contributed by atoms with Crippen molar-refractivity contribution in [1.82, 2.24) is 15.5 Å². The minimum Gasteiger partial charge on any atom is -0.508 e. The Kier molecular flexibility index (Phi) is 9.62. The van der Waals surface area contributed by atoms with Crippen molar-refractivity contribution in [2.45, 2.75) is 45.8 Å². The lowest BCUT2D eigenvalue weighted by Crippen LogP contribution is -2.41. The van der Waals surface area contributed by atoms with Crippen LogP contribution in [-0.2, 0) is 16.1 Å². The number of hydrogen-bond acceptors (Lipinski definition) is 6. The molecule has 38 heavy (non-hydrogen) atoms. The van der Waals surface area contributed by atoms with Gasteiger partial charge in [-0.3, -0.25) is 19.8 Å². The average Bonchev–Trinajstić information content (AvgIpc) is 2.83. The highest BCUT2D eigenvalue weighted by Gasteiger charge is 2.23. The largest absolute Gasteiger partial charge is 0.508 e. The monoisotopic (exact) mass is 532 g/mol. The number of halogens is 2. The van der Waals surface area contributed by atoms with Gasteiger partial charge in [0.25, 0.3) is 5.91 Å². The Morgan fingerprint density at radius 3 is 2.39 bits per heavy atom. The molecule has 206 valence electrons. The lowest BCUT2D eigenvalue weighted by molar-refractivity contribution is -0.120. The highest BCUT2D eigenvalue weighted by atomic mass is 19.2. The zero-order chi connectivity index (χ0) is 27.9. The maximum absolute atomic E-state index is 13.8. The van der Waals surface area contributed by atoms with Gasteiger partial charge in [-0.1, -0.05) is 12.1 Å². The number of carbonyl (C=O) groups is 3. The molecule has 9 nitrogen and oxygen atoms in total. The molecule has 0 aromatic heterocycles. The zero-order valence-electron chi connectivity index (χ0n) is 21.8. The highest BCUT2D eigenvalue weighted by molar-refractivity contribution is 6.03. The van der Waals surface area contributed by atoms with Gasteiger partial charge in [-0.15, -0.1) is 0 Å². The number of phenolic OH excluding ortho intramolecular Hbond substituents is 1. The van der Waals surface area contributed by atoms with Gasteiger partial charge in [-0.05, 0) is 76.4 Å². The van der Waals surface area contributed by atoms with E-state index in [1.54, 1.807) is 32.9 Å². The summed E-state index contributed by atoms with van der Waals surface area (Å²) in [5, 5.41) is 17.0. The number of likely N-dealkylation sites (tertiary alicyclic amines) is 1. The maximum atomic E-state index is 13.8. The molecule has 0 bridgehead atoms. The molecule has 1 saturated heterocycles. The molecule has 1 aliphatic heterocycles. The second-order valence-corrected chi connectivity index (χ2v) is 10.3. The topological polar surface area (TPSA) is 120 Å². The van der Waals surface area contributed by atoms with Gasteiger partial charge in [-0.25, -0.2) is 13.6 Å². The summed E-state index contributed by atoms with van der Waals surface area (Å²) in [4.78, 5) is 39.3. The Hall–Kier alpha value is -3.73. The van der Waals surface area contributed by atoms with E-state index < -0.39 is 35.1 Å². The molecular weight excluding hydrogens is 498 g/mol. The molecule has 2 aromatic carbocycles.